The number of rotatable bonds is 9. The molecule has 170 valence electrons. The van der Waals surface area contributed by atoms with Gasteiger partial charge < -0.3 is 9.47 Å². The highest BCUT2D eigenvalue weighted by Gasteiger charge is 2.33. The molecule has 0 amide bonds. The van der Waals surface area contributed by atoms with Crippen molar-refractivity contribution >= 4 is 0 Å². The second kappa shape index (κ2) is 11.6. The molecule has 0 saturated heterocycles. The fourth-order valence-corrected chi connectivity index (χ4v) is 5.59. The zero-order valence-electron chi connectivity index (χ0n) is 20.1. The molecule has 0 aliphatic heterocycles. The molecule has 2 aliphatic carbocycles. The van der Waals surface area contributed by atoms with E-state index >= 15 is 0 Å². The predicted molar refractivity (Wildman–Crippen MR) is 127 cm³/mol. The van der Waals surface area contributed by atoms with E-state index in [9.17, 15) is 0 Å². The van der Waals surface area contributed by atoms with Crippen LogP contribution in [0.15, 0.2) is 24.3 Å². The van der Waals surface area contributed by atoms with Gasteiger partial charge in [-0.15, -0.1) is 0 Å². The highest BCUT2D eigenvalue weighted by Crippen LogP contribution is 2.40. The zero-order chi connectivity index (χ0) is 21.4. The van der Waals surface area contributed by atoms with Crippen molar-refractivity contribution in [2.45, 2.75) is 111 Å². The summed E-state index contributed by atoms with van der Waals surface area (Å²) < 4.78 is 13.0. The number of aryl methyl sites for hydroxylation is 1. The lowest BCUT2D eigenvalue weighted by molar-refractivity contribution is -0.123. The van der Waals surface area contributed by atoms with Crippen molar-refractivity contribution in [2.75, 3.05) is 6.61 Å². The third kappa shape index (κ3) is 7.59. The van der Waals surface area contributed by atoms with Crippen molar-refractivity contribution in [1.29, 1.82) is 0 Å². The van der Waals surface area contributed by atoms with Crippen LogP contribution in [0.3, 0.4) is 0 Å². The Hall–Kier alpha value is -1.02. The van der Waals surface area contributed by atoms with Crippen LogP contribution in [0.5, 0.6) is 5.75 Å². The molecule has 1 atom stereocenters. The van der Waals surface area contributed by atoms with Gasteiger partial charge in [-0.2, -0.15) is 0 Å². The third-order valence-corrected chi connectivity index (χ3v) is 7.36. The van der Waals surface area contributed by atoms with E-state index in [2.05, 4.69) is 52.0 Å². The van der Waals surface area contributed by atoms with Gasteiger partial charge in [0.25, 0.3) is 0 Å². The summed E-state index contributed by atoms with van der Waals surface area (Å²) in [5, 5.41) is 0. The van der Waals surface area contributed by atoms with Gasteiger partial charge in [0.1, 0.15) is 5.75 Å². The van der Waals surface area contributed by atoms with Crippen molar-refractivity contribution in [3.8, 4) is 5.75 Å². The maximum Gasteiger partial charge on any atom is 0.200 e. The molecule has 1 aromatic rings. The molecule has 0 aromatic heterocycles. The van der Waals surface area contributed by atoms with E-state index in [1.807, 2.05) is 0 Å². The summed E-state index contributed by atoms with van der Waals surface area (Å²) in [6.07, 6.45) is 16.0. The highest BCUT2D eigenvalue weighted by atomic mass is 16.7. The lowest BCUT2D eigenvalue weighted by atomic mass is 9.70. The van der Waals surface area contributed by atoms with Crippen molar-refractivity contribution < 1.29 is 9.47 Å². The normalized spacial score (nSPS) is 20.4. The Morgan fingerprint density at radius 1 is 0.833 bits per heavy atom. The molecule has 2 nitrogen and oxygen atoms in total. The highest BCUT2D eigenvalue weighted by molar-refractivity contribution is 5.27. The Morgan fingerprint density at radius 2 is 1.37 bits per heavy atom. The molecular weight excluding hydrogens is 368 g/mol. The van der Waals surface area contributed by atoms with Crippen LogP contribution >= 0.6 is 0 Å². The van der Waals surface area contributed by atoms with Gasteiger partial charge in [0, 0.05) is 6.42 Å². The molecule has 30 heavy (non-hydrogen) atoms. The number of hydrogen-bond donors (Lipinski definition) is 0. The van der Waals surface area contributed by atoms with E-state index in [0.29, 0.717) is 0 Å². The molecule has 2 heteroatoms. The van der Waals surface area contributed by atoms with Crippen molar-refractivity contribution in [3.05, 3.63) is 29.8 Å². The SMILES string of the molecule is CCc1ccc(OC(CC(C)(C)C)OCC(C2CCCCC2)C2CCCCC2)cc1. The molecule has 0 radical (unpaired) electrons. The molecule has 3 rings (SSSR count). The summed E-state index contributed by atoms with van der Waals surface area (Å²) >= 11 is 0. The molecule has 0 spiro atoms. The fraction of sp³-hybridized carbons (Fsp3) is 0.786. The van der Waals surface area contributed by atoms with Gasteiger partial charge in [0.2, 0.25) is 0 Å². The van der Waals surface area contributed by atoms with E-state index in [1.54, 1.807) is 0 Å². The molecule has 2 saturated carbocycles. The lowest BCUT2D eigenvalue weighted by Gasteiger charge is -2.38. The van der Waals surface area contributed by atoms with Crippen LogP contribution in [0.2, 0.25) is 0 Å². The first-order chi connectivity index (χ1) is 14.4. The average Bonchev–Trinajstić information content (AvgIpc) is 2.75. The van der Waals surface area contributed by atoms with Gasteiger partial charge >= 0.3 is 0 Å². The maximum absolute atomic E-state index is 6.63. The summed E-state index contributed by atoms with van der Waals surface area (Å²) in [5.74, 6) is 3.38. The van der Waals surface area contributed by atoms with Crippen LogP contribution in [0, 0.1) is 23.2 Å². The van der Waals surface area contributed by atoms with Crippen LogP contribution in [0.1, 0.15) is 104 Å². The van der Waals surface area contributed by atoms with Crippen molar-refractivity contribution in [1.82, 2.24) is 0 Å². The minimum absolute atomic E-state index is 0.160. The van der Waals surface area contributed by atoms with E-state index in [4.69, 9.17) is 9.47 Å². The quantitative estimate of drug-likeness (QED) is 0.379. The Balaban J connectivity index is 1.66. The Kier molecular flexibility index (Phi) is 9.11. The van der Waals surface area contributed by atoms with E-state index in [1.165, 1.54) is 69.8 Å². The molecule has 0 N–H and O–H groups in total. The first-order valence-electron chi connectivity index (χ1n) is 12.8. The minimum Gasteiger partial charge on any atom is -0.465 e. The summed E-state index contributed by atoms with van der Waals surface area (Å²) in [5.41, 5.74) is 1.53. The topological polar surface area (TPSA) is 18.5 Å². The monoisotopic (exact) mass is 414 g/mol. The molecule has 2 aliphatic rings. The largest absolute Gasteiger partial charge is 0.465 e. The maximum atomic E-state index is 6.63. The smallest absolute Gasteiger partial charge is 0.200 e. The standard InChI is InChI=1S/C28H46O2/c1-5-22-16-18-25(19-17-22)30-27(20-28(2,3)4)29-21-26(23-12-8-6-9-13-23)24-14-10-7-11-15-24/h16-19,23-24,26-27H,5-15,20-21H2,1-4H3. The second-order valence-electron chi connectivity index (χ2n) is 11.1. The van der Waals surface area contributed by atoms with Crippen LogP contribution in [-0.2, 0) is 11.2 Å². The van der Waals surface area contributed by atoms with Crippen LogP contribution in [0.4, 0.5) is 0 Å². The number of benzene rings is 1. The minimum atomic E-state index is -0.160. The van der Waals surface area contributed by atoms with Gasteiger partial charge in [-0.1, -0.05) is 104 Å². The van der Waals surface area contributed by atoms with Gasteiger partial charge in [0.15, 0.2) is 6.29 Å². The van der Waals surface area contributed by atoms with E-state index < -0.39 is 0 Å². The molecule has 1 unspecified atom stereocenters. The summed E-state index contributed by atoms with van der Waals surface area (Å²) in [6, 6.07) is 8.57. The fourth-order valence-electron chi connectivity index (χ4n) is 5.59. The van der Waals surface area contributed by atoms with Crippen molar-refractivity contribution in [3.63, 3.8) is 0 Å². The Labute approximate surface area is 186 Å². The number of hydrogen-bond acceptors (Lipinski definition) is 2. The second-order valence-corrected chi connectivity index (χ2v) is 11.1. The van der Waals surface area contributed by atoms with Crippen LogP contribution in [0.25, 0.3) is 0 Å². The lowest BCUT2D eigenvalue weighted by Crippen LogP contribution is -2.35. The van der Waals surface area contributed by atoms with Gasteiger partial charge in [-0.05, 0) is 47.3 Å². The van der Waals surface area contributed by atoms with Crippen molar-refractivity contribution in [2.24, 2.45) is 23.2 Å². The molecule has 2 fully saturated rings. The van der Waals surface area contributed by atoms with Gasteiger partial charge in [-0.25, -0.2) is 0 Å². The first-order valence-corrected chi connectivity index (χ1v) is 12.8. The first kappa shape index (κ1) is 23.6. The molecule has 0 heterocycles. The third-order valence-electron chi connectivity index (χ3n) is 7.36. The average molecular weight is 415 g/mol. The molecular formula is C28H46O2. The zero-order valence-corrected chi connectivity index (χ0v) is 20.1. The van der Waals surface area contributed by atoms with Crippen LogP contribution < -0.4 is 4.74 Å². The summed E-state index contributed by atoms with van der Waals surface area (Å²) in [7, 11) is 0. The Bertz CT molecular complexity index is 570. The van der Waals surface area contributed by atoms with Gasteiger partial charge in [0.05, 0.1) is 6.61 Å². The molecule has 0 bridgehead atoms. The number of ether oxygens (including phenoxy) is 2. The van der Waals surface area contributed by atoms with E-state index in [-0.39, 0.29) is 11.7 Å². The summed E-state index contributed by atoms with van der Waals surface area (Å²) in [6.45, 7) is 9.92. The van der Waals surface area contributed by atoms with Crippen LogP contribution in [-0.4, -0.2) is 12.9 Å². The predicted octanol–water partition coefficient (Wildman–Crippen LogP) is 8.18. The van der Waals surface area contributed by atoms with E-state index in [0.717, 1.165) is 43.0 Å². The Morgan fingerprint density at radius 3 is 1.83 bits per heavy atom. The molecule has 1 aromatic carbocycles. The van der Waals surface area contributed by atoms with Gasteiger partial charge in [-0.3, -0.25) is 0 Å². The summed E-state index contributed by atoms with van der Waals surface area (Å²) in [4.78, 5) is 0.